The maximum Gasteiger partial charge on any atom is 0.432 e. The predicted octanol–water partition coefficient (Wildman–Crippen LogP) is 1.62. The molecule has 32 heavy (non-hydrogen) atoms. The summed E-state index contributed by atoms with van der Waals surface area (Å²) in [5.74, 6) is 0.0345. The van der Waals surface area contributed by atoms with E-state index in [1.165, 1.54) is 48.8 Å². The first-order valence-corrected chi connectivity index (χ1v) is 11.0. The van der Waals surface area contributed by atoms with Gasteiger partial charge in [0.1, 0.15) is 24.3 Å². The van der Waals surface area contributed by atoms with Crippen LogP contribution in [-0.4, -0.2) is 60.7 Å². The minimum atomic E-state index is -4.17. The molecule has 0 unspecified atom stereocenters. The van der Waals surface area contributed by atoms with Crippen LogP contribution in [0.2, 0.25) is 0 Å². The van der Waals surface area contributed by atoms with E-state index in [2.05, 4.69) is 0 Å². The van der Waals surface area contributed by atoms with Gasteiger partial charge in [-0.3, -0.25) is 5.21 Å². The van der Waals surface area contributed by atoms with Crippen molar-refractivity contribution in [1.29, 1.82) is 0 Å². The molecular formula is C20H23FN2O8S. The predicted molar refractivity (Wildman–Crippen MR) is 108 cm³/mol. The maximum atomic E-state index is 13.2. The van der Waals surface area contributed by atoms with Crippen molar-refractivity contribution in [3.05, 3.63) is 59.9 Å². The Morgan fingerprint density at radius 2 is 1.88 bits per heavy atom. The lowest BCUT2D eigenvalue weighted by Gasteiger charge is -2.40. The van der Waals surface area contributed by atoms with Gasteiger partial charge in [-0.1, -0.05) is 12.1 Å². The number of aliphatic hydroxyl groups excluding tert-OH is 1. The number of morpholine rings is 1. The molecule has 1 heterocycles. The Balaban J connectivity index is 1.77. The number of sulfonamides is 1. The minimum Gasteiger partial charge on any atom is -0.489 e. The summed E-state index contributed by atoms with van der Waals surface area (Å²) in [5.41, 5.74) is 2.02. The first kappa shape index (κ1) is 23.9. The molecule has 2 aromatic rings. The third-order valence-corrected chi connectivity index (χ3v) is 6.59. The van der Waals surface area contributed by atoms with E-state index in [9.17, 15) is 22.7 Å². The maximum absolute atomic E-state index is 13.2. The number of carbonyl (C=O) groups excluding carboxylic acids is 1. The lowest BCUT2D eigenvalue weighted by atomic mass is 10.2. The van der Waals surface area contributed by atoms with Crippen molar-refractivity contribution in [2.24, 2.45) is 0 Å². The molecule has 3 N–H and O–H groups in total. The zero-order valence-corrected chi connectivity index (χ0v) is 17.9. The topological polar surface area (TPSA) is 135 Å². The van der Waals surface area contributed by atoms with E-state index in [0.717, 1.165) is 9.87 Å². The van der Waals surface area contributed by atoms with Crippen LogP contribution in [-0.2, 0) is 26.1 Å². The summed E-state index contributed by atoms with van der Waals surface area (Å²) in [6.07, 6.45) is -4.36. The van der Waals surface area contributed by atoms with E-state index >= 15 is 0 Å². The van der Waals surface area contributed by atoms with Crippen molar-refractivity contribution < 1.29 is 42.1 Å². The van der Waals surface area contributed by atoms with Gasteiger partial charge in [-0.05, 0) is 48.9 Å². The van der Waals surface area contributed by atoms with Gasteiger partial charge >= 0.3 is 6.09 Å². The molecule has 0 spiro atoms. The molecule has 1 aliphatic heterocycles. The number of hydroxylamine groups is 1. The van der Waals surface area contributed by atoms with Crippen LogP contribution < -0.4 is 10.2 Å². The summed E-state index contributed by atoms with van der Waals surface area (Å²) in [7, 11) is -4.17. The number of nitrogens with zero attached hydrogens (tertiary/aromatic N) is 1. The molecule has 1 amide bonds. The molecular weight excluding hydrogens is 447 g/mol. The molecule has 3 rings (SSSR count). The van der Waals surface area contributed by atoms with Crippen molar-refractivity contribution in [2.75, 3.05) is 13.2 Å². The van der Waals surface area contributed by atoms with Crippen LogP contribution in [0.25, 0.3) is 0 Å². The third-order valence-electron chi connectivity index (χ3n) is 4.75. The Labute approximate surface area is 184 Å². The van der Waals surface area contributed by atoms with E-state index in [4.69, 9.17) is 19.4 Å². The summed E-state index contributed by atoms with van der Waals surface area (Å²) < 4.78 is 56.4. The largest absolute Gasteiger partial charge is 0.489 e. The highest BCUT2D eigenvalue weighted by Crippen LogP contribution is 2.28. The Bertz CT molecular complexity index is 1020. The van der Waals surface area contributed by atoms with Gasteiger partial charge in [-0.25, -0.2) is 23.1 Å². The minimum absolute atomic E-state index is 0.101. The molecule has 3 atom stereocenters. The molecule has 10 nitrogen and oxygen atoms in total. The van der Waals surface area contributed by atoms with Crippen molar-refractivity contribution in [3.63, 3.8) is 0 Å². The van der Waals surface area contributed by atoms with Crippen LogP contribution in [0.15, 0.2) is 53.4 Å². The molecule has 1 aliphatic rings. The van der Waals surface area contributed by atoms with E-state index < -0.39 is 41.2 Å². The number of nitrogens with one attached hydrogen (secondary N) is 1. The lowest BCUT2D eigenvalue weighted by molar-refractivity contribution is -0.165. The zero-order chi connectivity index (χ0) is 23.3. The number of benzene rings is 2. The second kappa shape index (κ2) is 10.2. The summed E-state index contributed by atoms with van der Waals surface area (Å²) >= 11 is 0. The second-order valence-electron chi connectivity index (χ2n) is 7.01. The second-order valence-corrected chi connectivity index (χ2v) is 8.91. The average Bonchev–Trinajstić information content (AvgIpc) is 2.79. The highest BCUT2D eigenvalue weighted by molar-refractivity contribution is 7.89. The number of rotatable bonds is 7. The van der Waals surface area contributed by atoms with Crippen molar-refractivity contribution >= 4 is 16.1 Å². The van der Waals surface area contributed by atoms with Crippen LogP contribution >= 0.6 is 0 Å². The fourth-order valence-corrected chi connectivity index (χ4v) is 4.77. The number of ether oxygens (including phenoxy) is 3. The quantitative estimate of drug-likeness (QED) is 0.411. The SMILES string of the molecule is C[C@@H]1O[C@@H](CO)CN(S(=O)(=O)c2ccc(OCc3ccc(F)cc3)cc2)[C@@H]1OC(=O)NO. The average molecular weight is 470 g/mol. The van der Waals surface area contributed by atoms with E-state index in [-0.39, 0.29) is 23.9 Å². The molecule has 174 valence electrons. The van der Waals surface area contributed by atoms with Gasteiger partial charge in [0.15, 0.2) is 6.23 Å². The lowest BCUT2D eigenvalue weighted by Crippen LogP contribution is -2.58. The molecule has 2 aromatic carbocycles. The molecule has 0 bridgehead atoms. The van der Waals surface area contributed by atoms with Crippen molar-refractivity contribution in [1.82, 2.24) is 9.79 Å². The smallest absolute Gasteiger partial charge is 0.432 e. The summed E-state index contributed by atoms with van der Waals surface area (Å²) in [6.45, 7) is 0.935. The molecule has 0 aromatic heterocycles. The molecule has 0 aliphatic carbocycles. The Morgan fingerprint density at radius 1 is 1.22 bits per heavy atom. The van der Waals surface area contributed by atoms with Gasteiger partial charge in [-0.2, -0.15) is 4.31 Å². The van der Waals surface area contributed by atoms with Gasteiger partial charge < -0.3 is 19.3 Å². The third kappa shape index (κ3) is 5.53. The van der Waals surface area contributed by atoms with Crippen molar-refractivity contribution in [3.8, 4) is 5.75 Å². The Kier molecular flexibility index (Phi) is 7.64. The fraction of sp³-hybridized carbons (Fsp3) is 0.350. The standard InChI is InChI=1S/C20H23FN2O8S/c1-13-19(31-20(25)22-26)23(10-17(11-24)30-13)32(27,28)18-8-6-16(7-9-18)29-12-14-2-4-15(21)5-3-14/h2-9,13,17,19,24,26H,10-12H2,1H3,(H,22,25)/t13-,17+,19+/m0/s1. The van der Waals surface area contributed by atoms with Gasteiger partial charge in [0.2, 0.25) is 10.0 Å². The molecule has 1 saturated heterocycles. The number of aliphatic hydroxyl groups is 1. The van der Waals surface area contributed by atoms with E-state index in [0.29, 0.717) is 5.75 Å². The molecule has 12 heteroatoms. The van der Waals surface area contributed by atoms with E-state index in [1.807, 2.05) is 0 Å². The summed E-state index contributed by atoms with van der Waals surface area (Å²) in [4.78, 5) is 11.4. The van der Waals surface area contributed by atoms with Crippen LogP contribution in [0.1, 0.15) is 12.5 Å². The highest BCUT2D eigenvalue weighted by Gasteiger charge is 2.44. The molecule has 1 fully saturated rings. The van der Waals surface area contributed by atoms with Gasteiger partial charge in [0.25, 0.3) is 0 Å². The van der Waals surface area contributed by atoms with Crippen LogP contribution in [0, 0.1) is 5.82 Å². The van der Waals surface area contributed by atoms with Crippen LogP contribution in [0.5, 0.6) is 5.75 Å². The Morgan fingerprint density at radius 3 is 2.47 bits per heavy atom. The van der Waals surface area contributed by atoms with Gasteiger partial charge in [-0.15, -0.1) is 0 Å². The van der Waals surface area contributed by atoms with E-state index in [1.54, 1.807) is 12.1 Å². The number of hydrogen-bond donors (Lipinski definition) is 3. The number of halogens is 1. The highest BCUT2D eigenvalue weighted by atomic mass is 32.2. The first-order chi connectivity index (χ1) is 15.2. The molecule has 0 radical (unpaired) electrons. The van der Waals surface area contributed by atoms with Gasteiger partial charge in [0, 0.05) is 6.54 Å². The fourth-order valence-electron chi connectivity index (χ4n) is 3.17. The summed E-state index contributed by atoms with van der Waals surface area (Å²) in [6, 6.07) is 11.3. The number of carbonyl (C=O) groups is 1. The molecule has 0 saturated carbocycles. The number of hydrogen-bond acceptors (Lipinski definition) is 8. The monoisotopic (exact) mass is 470 g/mol. The van der Waals surface area contributed by atoms with Gasteiger partial charge in [0.05, 0.1) is 17.6 Å². The van der Waals surface area contributed by atoms with Crippen LogP contribution in [0.4, 0.5) is 9.18 Å². The van der Waals surface area contributed by atoms with Crippen LogP contribution in [0.3, 0.4) is 0 Å². The van der Waals surface area contributed by atoms with Crippen molar-refractivity contribution in [2.45, 2.75) is 36.9 Å². The first-order valence-electron chi connectivity index (χ1n) is 9.60. The normalized spacial score (nSPS) is 21.7. The zero-order valence-electron chi connectivity index (χ0n) is 17.0. The Hall–Kier alpha value is -2.77. The number of amides is 1. The summed E-state index contributed by atoms with van der Waals surface area (Å²) in [5, 5.41) is 18.2.